The average Bonchev–Trinajstić information content (AvgIpc) is 2.72. The minimum Gasteiger partial charge on any atom is -0.352 e. The molecule has 1 N–H and O–H groups in total. The van der Waals surface area contributed by atoms with Crippen molar-refractivity contribution < 1.29 is 4.79 Å². The summed E-state index contributed by atoms with van der Waals surface area (Å²) in [5.74, 6) is 1.46. The number of aromatic nitrogens is 2. The zero-order valence-corrected chi connectivity index (χ0v) is 17.5. The Morgan fingerprint density at radius 3 is 2.57 bits per heavy atom. The molecule has 3 rings (SSSR count). The molecule has 5 nitrogen and oxygen atoms in total. The minimum absolute atomic E-state index is 0.00494. The number of amides is 1. The molecule has 0 saturated carbocycles. The molecule has 1 aromatic heterocycles. The molecule has 0 spiro atoms. The summed E-state index contributed by atoms with van der Waals surface area (Å²) >= 11 is 0. The molecule has 2 aromatic rings. The van der Waals surface area contributed by atoms with Crippen LogP contribution in [-0.2, 0) is 24.2 Å². The van der Waals surface area contributed by atoms with Gasteiger partial charge in [0.15, 0.2) is 0 Å². The van der Waals surface area contributed by atoms with Crippen molar-refractivity contribution in [2.24, 2.45) is 5.92 Å². The van der Waals surface area contributed by atoms with Crippen LogP contribution in [0.2, 0.25) is 0 Å². The summed E-state index contributed by atoms with van der Waals surface area (Å²) in [5, 5.41) is 3.11. The maximum atomic E-state index is 12.7. The topological polar surface area (TPSA) is 58.1 Å². The van der Waals surface area contributed by atoms with E-state index in [-0.39, 0.29) is 11.8 Å². The van der Waals surface area contributed by atoms with E-state index in [1.165, 1.54) is 5.56 Å². The van der Waals surface area contributed by atoms with Crippen LogP contribution in [0.25, 0.3) is 0 Å². The SMILES string of the molecule is CCN(CC)c1ncc2c(n1)CCC(C(=O)NCc1ccc(C(C)C)cc1)C2. The van der Waals surface area contributed by atoms with Crippen LogP contribution in [0.4, 0.5) is 5.95 Å². The Bertz CT molecular complexity index is 797. The van der Waals surface area contributed by atoms with Crippen molar-refractivity contribution in [3.05, 3.63) is 52.8 Å². The first-order valence-corrected chi connectivity index (χ1v) is 10.5. The molecule has 1 amide bonds. The molecule has 1 unspecified atom stereocenters. The fraction of sp³-hybridized carbons (Fsp3) is 0.522. The smallest absolute Gasteiger partial charge is 0.225 e. The van der Waals surface area contributed by atoms with Crippen LogP contribution in [0, 0.1) is 5.92 Å². The third-order valence-corrected chi connectivity index (χ3v) is 5.67. The summed E-state index contributed by atoms with van der Waals surface area (Å²) in [5.41, 5.74) is 4.68. The molecule has 0 saturated heterocycles. The molecular weight excluding hydrogens is 348 g/mol. The fourth-order valence-corrected chi connectivity index (χ4v) is 3.73. The molecule has 5 heteroatoms. The number of nitrogens with zero attached hydrogens (tertiary/aromatic N) is 3. The number of carbonyl (C=O) groups excluding carboxylic acids is 1. The summed E-state index contributed by atoms with van der Waals surface area (Å²) in [6.07, 6.45) is 4.33. The molecule has 1 heterocycles. The van der Waals surface area contributed by atoms with Gasteiger partial charge in [0.2, 0.25) is 11.9 Å². The number of hydrogen-bond donors (Lipinski definition) is 1. The van der Waals surface area contributed by atoms with Crippen LogP contribution in [0.5, 0.6) is 0 Å². The summed E-state index contributed by atoms with van der Waals surface area (Å²) in [6, 6.07) is 8.50. The van der Waals surface area contributed by atoms with Gasteiger partial charge in [0.05, 0.1) is 0 Å². The molecular formula is C23H32N4O. The maximum absolute atomic E-state index is 12.7. The van der Waals surface area contributed by atoms with Gasteiger partial charge in [-0.15, -0.1) is 0 Å². The summed E-state index contributed by atoms with van der Waals surface area (Å²) in [6.45, 7) is 11.0. The van der Waals surface area contributed by atoms with Gasteiger partial charge in [0.1, 0.15) is 0 Å². The number of hydrogen-bond acceptors (Lipinski definition) is 4. The van der Waals surface area contributed by atoms with E-state index in [0.29, 0.717) is 12.5 Å². The highest BCUT2D eigenvalue weighted by Crippen LogP contribution is 2.25. The van der Waals surface area contributed by atoms with Gasteiger partial charge in [0.25, 0.3) is 0 Å². The van der Waals surface area contributed by atoms with Crippen LogP contribution in [0.15, 0.2) is 30.5 Å². The van der Waals surface area contributed by atoms with Crippen molar-refractivity contribution in [1.29, 1.82) is 0 Å². The third-order valence-electron chi connectivity index (χ3n) is 5.67. The number of fused-ring (bicyclic) bond motifs is 1. The van der Waals surface area contributed by atoms with Gasteiger partial charge >= 0.3 is 0 Å². The van der Waals surface area contributed by atoms with Gasteiger partial charge < -0.3 is 10.2 Å². The lowest BCUT2D eigenvalue weighted by Gasteiger charge is -2.25. The van der Waals surface area contributed by atoms with Crippen LogP contribution in [0.1, 0.15) is 62.4 Å². The molecule has 150 valence electrons. The predicted molar refractivity (Wildman–Crippen MR) is 113 cm³/mol. The zero-order valence-electron chi connectivity index (χ0n) is 17.5. The van der Waals surface area contributed by atoms with E-state index in [0.717, 1.165) is 55.1 Å². The molecule has 1 atom stereocenters. The normalized spacial score (nSPS) is 16.0. The lowest BCUT2D eigenvalue weighted by atomic mass is 9.86. The van der Waals surface area contributed by atoms with E-state index in [9.17, 15) is 4.79 Å². The van der Waals surface area contributed by atoms with Crippen LogP contribution < -0.4 is 10.2 Å². The van der Waals surface area contributed by atoms with Crippen molar-refractivity contribution in [3.8, 4) is 0 Å². The monoisotopic (exact) mass is 380 g/mol. The zero-order chi connectivity index (χ0) is 20.1. The van der Waals surface area contributed by atoms with E-state index in [1.54, 1.807) is 0 Å². The van der Waals surface area contributed by atoms with Gasteiger partial charge in [-0.25, -0.2) is 9.97 Å². The van der Waals surface area contributed by atoms with E-state index >= 15 is 0 Å². The van der Waals surface area contributed by atoms with Crippen LogP contribution in [0.3, 0.4) is 0 Å². The summed E-state index contributed by atoms with van der Waals surface area (Å²) < 4.78 is 0. The van der Waals surface area contributed by atoms with Crippen molar-refractivity contribution in [2.45, 2.75) is 59.4 Å². The predicted octanol–water partition coefficient (Wildman–Crippen LogP) is 3.87. The highest BCUT2D eigenvalue weighted by Gasteiger charge is 2.26. The number of carbonyl (C=O) groups is 1. The lowest BCUT2D eigenvalue weighted by molar-refractivity contribution is -0.125. The van der Waals surface area contributed by atoms with Crippen LogP contribution >= 0.6 is 0 Å². The molecule has 1 aromatic carbocycles. The number of aryl methyl sites for hydroxylation is 1. The first-order chi connectivity index (χ1) is 13.5. The molecule has 0 aliphatic heterocycles. The maximum Gasteiger partial charge on any atom is 0.225 e. The molecule has 0 radical (unpaired) electrons. The quantitative estimate of drug-likeness (QED) is 0.792. The third kappa shape index (κ3) is 4.70. The summed E-state index contributed by atoms with van der Waals surface area (Å²) in [7, 11) is 0. The Kier molecular flexibility index (Phi) is 6.65. The number of benzene rings is 1. The van der Waals surface area contributed by atoms with Gasteiger partial charge in [-0.3, -0.25) is 4.79 Å². The van der Waals surface area contributed by atoms with Gasteiger partial charge in [-0.2, -0.15) is 0 Å². The van der Waals surface area contributed by atoms with Gasteiger partial charge in [0, 0.05) is 37.4 Å². The number of nitrogens with one attached hydrogen (secondary N) is 1. The first-order valence-electron chi connectivity index (χ1n) is 10.5. The second-order valence-corrected chi connectivity index (χ2v) is 7.87. The molecule has 1 aliphatic rings. The standard InChI is InChI=1S/C23H32N4O/c1-5-27(6-2)23-25-15-20-13-19(11-12-21(20)26-23)22(28)24-14-17-7-9-18(10-8-17)16(3)4/h7-10,15-16,19H,5-6,11-14H2,1-4H3,(H,24,28). The number of anilines is 1. The van der Waals surface area contributed by atoms with E-state index < -0.39 is 0 Å². The Labute approximate surface area is 168 Å². The highest BCUT2D eigenvalue weighted by atomic mass is 16.1. The van der Waals surface area contributed by atoms with Crippen LogP contribution in [-0.4, -0.2) is 29.0 Å². The van der Waals surface area contributed by atoms with Gasteiger partial charge in [-0.05, 0) is 55.7 Å². The molecule has 0 fully saturated rings. The minimum atomic E-state index is 0.00494. The Morgan fingerprint density at radius 2 is 1.93 bits per heavy atom. The lowest BCUT2D eigenvalue weighted by Crippen LogP contribution is -2.34. The fourth-order valence-electron chi connectivity index (χ4n) is 3.73. The van der Waals surface area contributed by atoms with Gasteiger partial charge in [-0.1, -0.05) is 38.1 Å². The Hall–Kier alpha value is -2.43. The largest absolute Gasteiger partial charge is 0.352 e. The van der Waals surface area contributed by atoms with Crippen molar-refractivity contribution >= 4 is 11.9 Å². The first kappa shape index (κ1) is 20.3. The highest BCUT2D eigenvalue weighted by molar-refractivity contribution is 5.79. The van der Waals surface area contributed by atoms with E-state index in [1.807, 2.05) is 6.20 Å². The average molecular weight is 381 g/mol. The Balaban J connectivity index is 1.58. The van der Waals surface area contributed by atoms with Crippen molar-refractivity contribution in [2.75, 3.05) is 18.0 Å². The second-order valence-electron chi connectivity index (χ2n) is 7.87. The van der Waals surface area contributed by atoms with Crippen molar-refractivity contribution in [3.63, 3.8) is 0 Å². The molecule has 28 heavy (non-hydrogen) atoms. The summed E-state index contributed by atoms with van der Waals surface area (Å²) in [4.78, 5) is 24.1. The second kappa shape index (κ2) is 9.18. The van der Waals surface area contributed by atoms with E-state index in [2.05, 4.69) is 67.2 Å². The Morgan fingerprint density at radius 1 is 1.21 bits per heavy atom. The molecule has 0 bridgehead atoms. The molecule has 1 aliphatic carbocycles. The number of rotatable bonds is 7. The van der Waals surface area contributed by atoms with Crippen molar-refractivity contribution in [1.82, 2.24) is 15.3 Å². The van der Waals surface area contributed by atoms with E-state index in [4.69, 9.17) is 4.98 Å².